The predicted molar refractivity (Wildman–Crippen MR) is 69.3 cm³/mol. The summed E-state index contributed by atoms with van der Waals surface area (Å²) in [6, 6.07) is 8.30. The molecule has 0 N–H and O–H groups in total. The van der Waals surface area contributed by atoms with Gasteiger partial charge in [-0.25, -0.2) is 0 Å². The maximum atomic E-state index is 6.05. The van der Waals surface area contributed by atoms with Crippen LogP contribution in [-0.2, 0) is 13.6 Å². The summed E-state index contributed by atoms with van der Waals surface area (Å²) in [6.07, 6.45) is 3.76. The molecule has 1 aromatic rings. The van der Waals surface area contributed by atoms with E-state index >= 15 is 0 Å². The molecule has 1 unspecified atom stereocenters. The van der Waals surface area contributed by atoms with Crippen LogP contribution in [0.2, 0.25) is 0 Å². The Morgan fingerprint density at radius 3 is 2.29 bits per heavy atom. The minimum absolute atomic E-state index is 0.159. The SMILES string of the molecule is Cc1ccc(P23(OC=CC2C)OCCO3)cc1. The molecule has 1 aromatic carbocycles. The second kappa shape index (κ2) is 3.55. The van der Waals surface area contributed by atoms with Gasteiger partial charge in [0.15, 0.2) is 0 Å². The fourth-order valence-corrected chi connectivity index (χ4v) is 6.46. The van der Waals surface area contributed by atoms with Crippen molar-refractivity contribution in [3.63, 3.8) is 0 Å². The van der Waals surface area contributed by atoms with E-state index in [0.717, 1.165) is 5.30 Å². The van der Waals surface area contributed by atoms with E-state index in [9.17, 15) is 0 Å². The van der Waals surface area contributed by atoms with Gasteiger partial charge >= 0.3 is 101 Å². The Labute approximate surface area is 102 Å². The van der Waals surface area contributed by atoms with Crippen LogP contribution in [0.25, 0.3) is 0 Å². The van der Waals surface area contributed by atoms with Crippen LogP contribution < -0.4 is 5.30 Å². The Morgan fingerprint density at radius 1 is 1.12 bits per heavy atom. The molecule has 0 bridgehead atoms. The number of allylic oxidation sites excluding steroid dienone is 1. The zero-order chi connectivity index (χ0) is 12.0. The van der Waals surface area contributed by atoms with Gasteiger partial charge in [-0.05, 0) is 0 Å². The van der Waals surface area contributed by atoms with Crippen molar-refractivity contribution in [1.29, 1.82) is 0 Å². The monoisotopic (exact) mass is 252 g/mol. The summed E-state index contributed by atoms with van der Waals surface area (Å²) in [4.78, 5) is 0. The Hall–Kier alpha value is -0.890. The van der Waals surface area contributed by atoms with Crippen molar-refractivity contribution in [2.75, 3.05) is 13.2 Å². The Morgan fingerprint density at radius 2 is 1.76 bits per heavy atom. The number of benzene rings is 1. The van der Waals surface area contributed by atoms with Gasteiger partial charge in [0.1, 0.15) is 0 Å². The van der Waals surface area contributed by atoms with Gasteiger partial charge in [0.05, 0.1) is 0 Å². The number of hydrogen-bond donors (Lipinski definition) is 0. The molecule has 0 amide bonds. The van der Waals surface area contributed by atoms with Gasteiger partial charge in [0, 0.05) is 0 Å². The van der Waals surface area contributed by atoms with Gasteiger partial charge in [0.25, 0.3) is 0 Å². The molecule has 2 aliphatic rings. The molecule has 2 heterocycles. The third-order valence-corrected chi connectivity index (χ3v) is 8.24. The Bertz CT molecular complexity index is 460. The molecule has 17 heavy (non-hydrogen) atoms. The second-order valence-electron chi connectivity index (χ2n) is 4.62. The molecule has 0 saturated carbocycles. The molecule has 4 heteroatoms. The Kier molecular flexibility index (Phi) is 2.34. The molecule has 1 saturated heterocycles. The summed E-state index contributed by atoms with van der Waals surface area (Å²) < 4.78 is 18.0. The predicted octanol–water partition coefficient (Wildman–Crippen LogP) is 2.90. The summed E-state index contributed by atoms with van der Waals surface area (Å²) in [5, 5.41) is 1.05. The van der Waals surface area contributed by atoms with Gasteiger partial charge in [-0.2, -0.15) is 0 Å². The van der Waals surface area contributed by atoms with Gasteiger partial charge in [-0.1, -0.05) is 0 Å². The molecule has 1 spiro atoms. The summed E-state index contributed by atoms with van der Waals surface area (Å²) in [6.45, 7) is 5.39. The summed E-state index contributed by atoms with van der Waals surface area (Å²) in [5.74, 6) is 0. The molecule has 0 aromatic heterocycles. The molecule has 3 nitrogen and oxygen atoms in total. The van der Waals surface area contributed by atoms with Crippen molar-refractivity contribution in [2.24, 2.45) is 0 Å². The summed E-state index contributed by atoms with van der Waals surface area (Å²) in [5.41, 5.74) is 1.38. The first-order chi connectivity index (χ1) is 8.16. The van der Waals surface area contributed by atoms with Gasteiger partial charge in [0.2, 0.25) is 0 Å². The van der Waals surface area contributed by atoms with E-state index in [0.29, 0.717) is 13.2 Å². The first kappa shape index (κ1) is 11.2. The molecule has 1 atom stereocenters. The van der Waals surface area contributed by atoms with Crippen molar-refractivity contribution in [1.82, 2.24) is 0 Å². The van der Waals surface area contributed by atoms with Crippen LogP contribution in [0.3, 0.4) is 0 Å². The summed E-state index contributed by atoms with van der Waals surface area (Å²) in [7, 11) is -3.12. The average molecular weight is 252 g/mol. The Balaban J connectivity index is 2.15. The number of rotatable bonds is 1. The molecule has 3 rings (SSSR count). The zero-order valence-electron chi connectivity index (χ0n) is 10.1. The van der Waals surface area contributed by atoms with Crippen molar-refractivity contribution in [3.8, 4) is 0 Å². The molecular formula is C13H17O3P. The molecule has 92 valence electrons. The van der Waals surface area contributed by atoms with Gasteiger partial charge in [-0.15, -0.1) is 0 Å². The average Bonchev–Trinajstić information content (AvgIpc) is 2.90. The normalized spacial score (nSPS) is 30.9. The van der Waals surface area contributed by atoms with E-state index in [2.05, 4.69) is 38.1 Å². The molecule has 0 aliphatic carbocycles. The van der Waals surface area contributed by atoms with Crippen LogP contribution in [0.5, 0.6) is 0 Å². The minimum atomic E-state index is -3.12. The first-order valence-corrected chi connectivity index (χ1v) is 7.97. The van der Waals surface area contributed by atoms with E-state index in [1.807, 2.05) is 6.08 Å². The van der Waals surface area contributed by atoms with E-state index < -0.39 is 7.28 Å². The first-order valence-electron chi connectivity index (χ1n) is 5.91. The van der Waals surface area contributed by atoms with Crippen LogP contribution >= 0.6 is 7.28 Å². The van der Waals surface area contributed by atoms with Gasteiger partial charge < -0.3 is 0 Å². The zero-order valence-corrected chi connectivity index (χ0v) is 11.0. The third-order valence-electron chi connectivity index (χ3n) is 3.57. The molecule has 2 aliphatic heterocycles. The van der Waals surface area contributed by atoms with Crippen molar-refractivity contribution < 1.29 is 13.6 Å². The number of aryl methyl sites for hydroxylation is 1. The van der Waals surface area contributed by atoms with Crippen molar-refractivity contribution in [3.05, 3.63) is 42.2 Å². The van der Waals surface area contributed by atoms with Gasteiger partial charge in [-0.3, -0.25) is 0 Å². The van der Waals surface area contributed by atoms with Crippen LogP contribution in [-0.4, -0.2) is 18.9 Å². The van der Waals surface area contributed by atoms with E-state index in [4.69, 9.17) is 13.6 Å². The topological polar surface area (TPSA) is 27.7 Å². The standard InChI is InChI=1S/C13H17O3P/c1-11-3-5-13(6-4-11)17(15-9-10-16-17)12(2)7-8-14-17/h3-8,12H,9-10H2,1-2H3. The van der Waals surface area contributed by atoms with Crippen LogP contribution in [0, 0.1) is 6.92 Å². The summed E-state index contributed by atoms with van der Waals surface area (Å²) >= 11 is 0. The van der Waals surface area contributed by atoms with Crippen LogP contribution in [0.4, 0.5) is 0 Å². The maximum absolute atomic E-state index is 6.05. The fraction of sp³-hybridized carbons (Fsp3) is 0.385. The second-order valence-corrected chi connectivity index (χ2v) is 8.56. The van der Waals surface area contributed by atoms with Crippen molar-refractivity contribution in [2.45, 2.75) is 19.5 Å². The third kappa shape index (κ3) is 1.33. The quantitative estimate of drug-likeness (QED) is 0.719. The van der Waals surface area contributed by atoms with E-state index in [1.165, 1.54) is 5.56 Å². The fourth-order valence-electron chi connectivity index (χ4n) is 2.52. The molecule has 0 radical (unpaired) electrons. The molecule has 1 fully saturated rings. The van der Waals surface area contributed by atoms with Crippen LogP contribution in [0.1, 0.15) is 12.5 Å². The van der Waals surface area contributed by atoms with Crippen molar-refractivity contribution >= 4 is 12.6 Å². The van der Waals surface area contributed by atoms with E-state index in [1.54, 1.807) is 6.26 Å². The van der Waals surface area contributed by atoms with Crippen LogP contribution in [0.15, 0.2) is 36.6 Å². The number of hydrogen-bond acceptors (Lipinski definition) is 3. The molecular weight excluding hydrogens is 235 g/mol. The van der Waals surface area contributed by atoms with E-state index in [-0.39, 0.29) is 5.66 Å².